The largest absolute Gasteiger partial charge is 0.416 e. The van der Waals surface area contributed by atoms with Gasteiger partial charge in [0, 0.05) is 18.7 Å². The normalized spacial score (nSPS) is 13.4. The van der Waals surface area contributed by atoms with Gasteiger partial charge in [0.2, 0.25) is 5.91 Å². The molecule has 7 heteroatoms. The summed E-state index contributed by atoms with van der Waals surface area (Å²) < 4.78 is 53.1. The van der Waals surface area contributed by atoms with Crippen molar-refractivity contribution in [2.24, 2.45) is 0 Å². The zero-order chi connectivity index (χ0) is 23.1. The number of hydrogen-bond acceptors (Lipinski definition) is 2. The van der Waals surface area contributed by atoms with Crippen LogP contribution >= 0.6 is 0 Å². The summed E-state index contributed by atoms with van der Waals surface area (Å²) in [6.45, 7) is 0. The van der Waals surface area contributed by atoms with Gasteiger partial charge in [-0.05, 0) is 42.2 Å². The van der Waals surface area contributed by atoms with Crippen LogP contribution in [-0.2, 0) is 17.4 Å². The molecule has 0 aliphatic rings. The molecule has 0 saturated heterocycles. The van der Waals surface area contributed by atoms with Gasteiger partial charge >= 0.3 is 6.18 Å². The van der Waals surface area contributed by atoms with E-state index in [0.29, 0.717) is 24.0 Å². The van der Waals surface area contributed by atoms with E-state index in [4.69, 9.17) is 0 Å². The predicted molar refractivity (Wildman–Crippen MR) is 115 cm³/mol. The third kappa shape index (κ3) is 5.95. The summed E-state index contributed by atoms with van der Waals surface area (Å²) in [6, 6.07) is 19.0. The number of hydrogen-bond donors (Lipinski definition) is 2. The van der Waals surface area contributed by atoms with Crippen molar-refractivity contribution in [3.8, 4) is 0 Å². The molecule has 0 aliphatic carbocycles. The van der Waals surface area contributed by atoms with Gasteiger partial charge in [-0.2, -0.15) is 13.2 Å². The van der Waals surface area contributed by atoms with Crippen LogP contribution in [0.5, 0.6) is 0 Å². The minimum absolute atomic E-state index is 0.271. The molecule has 0 heterocycles. The Labute approximate surface area is 184 Å². The highest BCUT2D eigenvalue weighted by Crippen LogP contribution is 2.30. The molecule has 168 valence electrons. The zero-order valence-corrected chi connectivity index (χ0v) is 17.5. The Hall–Kier alpha value is -3.19. The van der Waals surface area contributed by atoms with Crippen LogP contribution in [0.15, 0.2) is 78.9 Å². The standard InChI is InChI=1S/C25H24F4N2O/c1-30-24(32)23(18-7-3-2-4-8-18)31-22(20-9-5-6-10-21(20)26)16-13-17-11-14-19(15-12-17)25(27,28)29/h2-12,14-15,22-23,31H,13,16H2,1H3,(H,30,32)/t22-,23-/m0/s1. The maximum absolute atomic E-state index is 14.6. The lowest BCUT2D eigenvalue weighted by Gasteiger charge is -2.26. The van der Waals surface area contributed by atoms with E-state index in [2.05, 4.69) is 10.6 Å². The fourth-order valence-corrected chi connectivity index (χ4v) is 3.57. The average Bonchev–Trinajstić information content (AvgIpc) is 2.79. The van der Waals surface area contributed by atoms with Crippen molar-refractivity contribution in [3.63, 3.8) is 0 Å². The summed E-state index contributed by atoms with van der Waals surface area (Å²) in [5, 5.41) is 5.88. The van der Waals surface area contributed by atoms with Gasteiger partial charge in [0.25, 0.3) is 0 Å². The summed E-state index contributed by atoms with van der Waals surface area (Å²) >= 11 is 0. The number of amides is 1. The third-order valence-corrected chi connectivity index (χ3v) is 5.29. The number of aryl methyl sites for hydroxylation is 1. The van der Waals surface area contributed by atoms with Crippen LogP contribution in [0.25, 0.3) is 0 Å². The van der Waals surface area contributed by atoms with Crippen LogP contribution in [0, 0.1) is 5.82 Å². The second-order valence-corrected chi connectivity index (χ2v) is 7.43. The number of nitrogens with one attached hydrogen (secondary N) is 2. The van der Waals surface area contributed by atoms with E-state index in [1.54, 1.807) is 30.3 Å². The Balaban J connectivity index is 1.85. The van der Waals surface area contributed by atoms with Gasteiger partial charge in [-0.15, -0.1) is 0 Å². The Morgan fingerprint density at radius 1 is 0.906 bits per heavy atom. The topological polar surface area (TPSA) is 41.1 Å². The maximum Gasteiger partial charge on any atom is 0.416 e. The van der Waals surface area contributed by atoms with Gasteiger partial charge in [-0.25, -0.2) is 4.39 Å². The fraction of sp³-hybridized carbons (Fsp3) is 0.240. The first-order valence-electron chi connectivity index (χ1n) is 10.2. The van der Waals surface area contributed by atoms with E-state index in [-0.39, 0.29) is 5.91 Å². The molecule has 0 aromatic heterocycles. The minimum atomic E-state index is -4.40. The zero-order valence-electron chi connectivity index (χ0n) is 17.5. The van der Waals surface area contributed by atoms with Crippen molar-refractivity contribution in [1.29, 1.82) is 0 Å². The van der Waals surface area contributed by atoms with Gasteiger partial charge in [0.15, 0.2) is 0 Å². The molecule has 0 bridgehead atoms. The Morgan fingerprint density at radius 3 is 2.12 bits per heavy atom. The van der Waals surface area contributed by atoms with Crippen molar-refractivity contribution in [2.45, 2.75) is 31.1 Å². The Morgan fingerprint density at radius 2 is 1.53 bits per heavy atom. The molecule has 2 N–H and O–H groups in total. The van der Waals surface area contributed by atoms with Crippen molar-refractivity contribution in [2.75, 3.05) is 7.05 Å². The molecule has 2 atom stereocenters. The fourth-order valence-electron chi connectivity index (χ4n) is 3.57. The lowest BCUT2D eigenvalue weighted by molar-refractivity contribution is -0.137. The van der Waals surface area contributed by atoms with Crippen molar-refractivity contribution in [3.05, 3.63) is 107 Å². The van der Waals surface area contributed by atoms with E-state index >= 15 is 0 Å². The number of benzene rings is 3. The molecule has 3 rings (SSSR count). The molecule has 0 saturated carbocycles. The van der Waals surface area contributed by atoms with E-state index in [1.165, 1.54) is 25.2 Å². The molecule has 0 unspecified atom stereocenters. The second-order valence-electron chi connectivity index (χ2n) is 7.43. The number of carbonyl (C=O) groups excluding carboxylic acids is 1. The monoisotopic (exact) mass is 444 g/mol. The summed E-state index contributed by atoms with van der Waals surface area (Å²) in [5.41, 5.74) is 1.10. The molecule has 1 amide bonds. The van der Waals surface area contributed by atoms with E-state index in [0.717, 1.165) is 17.7 Å². The van der Waals surface area contributed by atoms with Gasteiger partial charge in [0.1, 0.15) is 11.9 Å². The SMILES string of the molecule is CNC(=O)[C@@H](N[C@@H](CCc1ccc(C(F)(F)F)cc1)c1ccccc1F)c1ccccc1. The van der Waals surface area contributed by atoms with Crippen molar-refractivity contribution in [1.82, 2.24) is 10.6 Å². The summed E-state index contributed by atoms with van der Waals surface area (Å²) in [4.78, 5) is 12.6. The van der Waals surface area contributed by atoms with Gasteiger partial charge in [-0.1, -0.05) is 60.7 Å². The molecule has 3 aromatic carbocycles. The lowest BCUT2D eigenvalue weighted by atomic mass is 9.95. The average molecular weight is 444 g/mol. The predicted octanol–water partition coefficient (Wildman–Crippen LogP) is 5.60. The summed E-state index contributed by atoms with van der Waals surface area (Å²) in [6.07, 6.45) is -3.61. The second kappa shape index (κ2) is 10.4. The highest BCUT2D eigenvalue weighted by molar-refractivity contribution is 5.83. The van der Waals surface area contributed by atoms with Crippen LogP contribution in [0.4, 0.5) is 17.6 Å². The van der Waals surface area contributed by atoms with E-state index in [1.807, 2.05) is 18.2 Å². The number of alkyl halides is 3. The van der Waals surface area contributed by atoms with E-state index in [9.17, 15) is 22.4 Å². The number of halogens is 4. The molecule has 0 aliphatic heterocycles. The maximum atomic E-state index is 14.6. The summed E-state index contributed by atoms with van der Waals surface area (Å²) in [5.74, 6) is -0.687. The molecule has 0 radical (unpaired) electrons. The quantitative estimate of drug-likeness (QED) is 0.445. The van der Waals surface area contributed by atoms with Crippen LogP contribution < -0.4 is 10.6 Å². The summed E-state index contributed by atoms with van der Waals surface area (Å²) in [7, 11) is 1.53. The first kappa shape index (κ1) is 23.5. The molecule has 3 aromatic rings. The van der Waals surface area contributed by atoms with Crippen LogP contribution in [-0.4, -0.2) is 13.0 Å². The minimum Gasteiger partial charge on any atom is -0.358 e. The van der Waals surface area contributed by atoms with Crippen LogP contribution in [0.1, 0.15) is 40.8 Å². The van der Waals surface area contributed by atoms with Crippen molar-refractivity contribution < 1.29 is 22.4 Å². The first-order chi connectivity index (χ1) is 15.3. The smallest absolute Gasteiger partial charge is 0.358 e. The molecular formula is C25H24F4N2O. The van der Waals surface area contributed by atoms with Gasteiger partial charge < -0.3 is 5.32 Å². The van der Waals surface area contributed by atoms with Crippen molar-refractivity contribution >= 4 is 5.91 Å². The molecule has 32 heavy (non-hydrogen) atoms. The number of rotatable bonds is 8. The molecule has 0 spiro atoms. The van der Waals surface area contributed by atoms with Crippen LogP contribution in [0.3, 0.4) is 0 Å². The van der Waals surface area contributed by atoms with Gasteiger partial charge in [0.05, 0.1) is 5.56 Å². The first-order valence-corrected chi connectivity index (χ1v) is 10.2. The Kier molecular flexibility index (Phi) is 7.64. The van der Waals surface area contributed by atoms with Gasteiger partial charge in [-0.3, -0.25) is 10.1 Å². The van der Waals surface area contributed by atoms with E-state index < -0.39 is 29.6 Å². The molecule has 3 nitrogen and oxygen atoms in total. The third-order valence-electron chi connectivity index (χ3n) is 5.29. The molecular weight excluding hydrogens is 420 g/mol. The van der Waals surface area contributed by atoms with Crippen LogP contribution in [0.2, 0.25) is 0 Å². The highest BCUT2D eigenvalue weighted by Gasteiger charge is 2.30. The highest BCUT2D eigenvalue weighted by atomic mass is 19.4. The lowest BCUT2D eigenvalue weighted by Crippen LogP contribution is -2.38. The number of likely N-dealkylation sites (N-methyl/N-ethyl adjacent to an activating group) is 1. The Bertz CT molecular complexity index is 1020. The number of carbonyl (C=O) groups is 1. The molecule has 0 fully saturated rings.